The highest BCUT2D eigenvalue weighted by Crippen LogP contribution is 2.31. The van der Waals surface area contributed by atoms with Gasteiger partial charge in [-0.1, -0.05) is 32.0 Å². The van der Waals surface area contributed by atoms with Crippen molar-refractivity contribution in [1.82, 2.24) is 19.8 Å². The summed E-state index contributed by atoms with van der Waals surface area (Å²) in [5.74, 6) is 0.748. The molecule has 1 N–H and O–H groups in total. The number of likely N-dealkylation sites (N-methyl/N-ethyl adjacent to an activating group) is 1. The Bertz CT molecular complexity index is 1160. The molecule has 6 nitrogen and oxygen atoms in total. The van der Waals surface area contributed by atoms with E-state index in [0.717, 1.165) is 85.0 Å². The maximum Gasteiger partial charge on any atom is 0.258 e. The predicted molar refractivity (Wildman–Crippen MR) is 135 cm³/mol. The van der Waals surface area contributed by atoms with Crippen LogP contribution in [0.15, 0.2) is 24.3 Å². The lowest BCUT2D eigenvalue weighted by Crippen LogP contribution is -2.33. The Balaban J connectivity index is 1.42. The minimum atomic E-state index is -0.0742. The number of carbonyl (C=O) groups is 1. The first-order valence-electron chi connectivity index (χ1n) is 12.1. The van der Waals surface area contributed by atoms with Crippen LogP contribution >= 0.6 is 11.3 Å². The predicted octanol–water partition coefficient (Wildman–Crippen LogP) is 4.86. The van der Waals surface area contributed by atoms with Gasteiger partial charge in [-0.15, -0.1) is 11.3 Å². The molecule has 0 saturated carbocycles. The average molecular weight is 464 g/mol. The highest BCUT2D eigenvalue weighted by Gasteiger charge is 2.26. The number of aromatic nitrogens is 2. The summed E-state index contributed by atoms with van der Waals surface area (Å²) in [6.07, 6.45) is 3.40. The van der Waals surface area contributed by atoms with Crippen molar-refractivity contribution in [2.24, 2.45) is 5.92 Å². The largest absolute Gasteiger partial charge is 0.299 e. The summed E-state index contributed by atoms with van der Waals surface area (Å²) in [4.78, 5) is 29.4. The van der Waals surface area contributed by atoms with Crippen molar-refractivity contribution in [3.05, 3.63) is 51.7 Å². The molecule has 2 aliphatic heterocycles. The summed E-state index contributed by atoms with van der Waals surface area (Å²) in [5.41, 5.74) is 4.79. The van der Waals surface area contributed by atoms with Crippen LogP contribution in [0.25, 0.3) is 10.9 Å². The summed E-state index contributed by atoms with van der Waals surface area (Å²) in [6, 6.07) is 7.99. The molecule has 1 fully saturated rings. The smallest absolute Gasteiger partial charge is 0.258 e. The third kappa shape index (κ3) is 4.67. The molecule has 0 aliphatic carbocycles. The molecule has 2 aromatic heterocycles. The highest BCUT2D eigenvalue weighted by molar-refractivity contribution is 7.15. The Labute approximate surface area is 200 Å². The molecule has 4 heterocycles. The number of thiazole rings is 1. The van der Waals surface area contributed by atoms with Gasteiger partial charge >= 0.3 is 0 Å². The molecular formula is C26H33N5OS. The summed E-state index contributed by atoms with van der Waals surface area (Å²) in [6.45, 7) is 12.5. The van der Waals surface area contributed by atoms with Crippen LogP contribution in [-0.4, -0.2) is 51.9 Å². The van der Waals surface area contributed by atoms with Gasteiger partial charge in [-0.2, -0.15) is 0 Å². The van der Waals surface area contributed by atoms with Gasteiger partial charge in [0.1, 0.15) is 0 Å². The Hall–Kier alpha value is -2.35. The number of amides is 1. The molecule has 2 aliphatic rings. The molecule has 3 aromatic rings. The summed E-state index contributed by atoms with van der Waals surface area (Å²) in [7, 11) is 0. The zero-order valence-corrected chi connectivity index (χ0v) is 20.7. The minimum Gasteiger partial charge on any atom is -0.299 e. The van der Waals surface area contributed by atoms with Crippen LogP contribution in [0.5, 0.6) is 0 Å². The molecule has 0 unspecified atom stereocenters. The van der Waals surface area contributed by atoms with Gasteiger partial charge in [-0.05, 0) is 51.4 Å². The number of nitrogens with one attached hydrogen (secondary N) is 1. The number of hydrogen-bond acceptors (Lipinski definition) is 6. The maximum atomic E-state index is 13.6. The minimum absolute atomic E-state index is 0.0742. The molecular weight excluding hydrogens is 430 g/mol. The van der Waals surface area contributed by atoms with Crippen LogP contribution in [0.3, 0.4) is 0 Å². The molecule has 174 valence electrons. The number of aryl methyl sites for hydroxylation is 1. The van der Waals surface area contributed by atoms with Gasteiger partial charge in [0, 0.05) is 47.6 Å². The third-order valence-corrected chi connectivity index (χ3v) is 8.21. The first kappa shape index (κ1) is 22.4. The van der Waals surface area contributed by atoms with E-state index in [-0.39, 0.29) is 5.91 Å². The second-order valence-electron chi connectivity index (χ2n) is 9.49. The van der Waals surface area contributed by atoms with E-state index in [2.05, 4.69) is 35.9 Å². The van der Waals surface area contributed by atoms with Crippen LogP contribution in [0.1, 0.15) is 58.9 Å². The van der Waals surface area contributed by atoms with Crippen LogP contribution in [-0.2, 0) is 19.5 Å². The van der Waals surface area contributed by atoms with E-state index < -0.39 is 0 Å². The first-order valence-corrected chi connectivity index (χ1v) is 13.0. The van der Waals surface area contributed by atoms with E-state index in [9.17, 15) is 4.79 Å². The van der Waals surface area contributed by atoms with Gasteiger partial charge in [0.05, 0.1) is 16.8 Å². The third-order valence-electron chi connectivity index (χ3n) is 7.16. The fourth-order valence-corrected chi connectivity index (χ4v) is 5.99. The second-order valence-corrected chi connectivity index (χ2v) is 10.6. The van der Waals surface area contributed by atoms with E-state index in [1.807, 2.05) is 24.3 Å². The van der Waals surface area contributed by atoms with Crippen molar-refractivity contribution in [2.75, 3.05) is 31.5 Å². The Kier molecular flexibility index (Phi) is 6.45. The molecule has 5 rings (SSSR count). The van der Waals surface area contributed by atoms with E-state index in [4.69, 9.17) is 9.97 Å². The number of fused-ring (bicyclic) bond motifs is 2. The van der Waals surface area contributed by atoms with Crippen LogP contribution in [0.4, 0.5) is 5.13 Å². The Morgan fingerprint density at radius 1 is 1.15 bits per heavy atom. The molecule has 0 radical (unpaired) electrons. The number of piperidine rings is 1. The average Bonchev–Trinajstić information content (AvgIpc) is 3.16. The number of nitrogens with zero attached hydrogens (tertiary/aromatic N) is 4. The maximum absolute atomic E-state index is 13.6. The molecule has 7 heteroatoms. The standard InChI is InChI=1S/C26H33N5OS/c1-4-30-14-11-22-20(15-30)24(19-7-5-6-8-21(19)28-22)25(32)29-26-27-18(3)23(33-26)16-31-12-9-17(2)10-13-31/h5-8,17H,4,9-16H2,1-3H3,(H,27,29,32). The lowest BCUT2D eigenvalue weighted by molar-refractivity contribution is 0.102. The van der Waals surface area contributed by atoms with Gasteiger partial charge < -0.3 is 0 Å². The number of carbonyl (C=O) groups excluding carboxylic acids is 1. The summed E-state index contributed by atoms with van der Waals surface area (Å²) >= 11 is 1.61. The van der Waals surface area contributed by atoms with Crippen molar-refractivity contribution in [3.63, 3.8) is 0 Å². The van der Waals surface area contributed by atoms with Gasteiger partial charge in [-0.3, -0.25) is 24.9 Å². The highest BCUT2D eigenvalue weighted by atomic mass is 32.1. The molecule has 33 heavy (non-hydrogen) atoms. The van der Waals surface area contributed by atoms with Crippen LogP contribution in [0.2, 0.25) is 0 Å². The number of likely N-dealkylation sites (tertiary alicyclic amines) is 1. The van der Waals surface area contributed by atoms with E-state index in [1.165, 1.54) is 17.7 Å². The summed E-state index contributed by atoms with van der Waals surface area (Å²) in [5, 5.41) is 4.75. The van der Waals surface area contributed by atoms with Gasteiger partial charge in [0.15, 0.2) is 5.13 Å². The number of hydrogen-bond donors (Lipinski definition) is 1. The van der Waals surface area contributed by atoms with Gasteiger partial charge in [0.25, 0.3) is 5.91 Å². The van der Waals surface area contributed by atoms with Crippen LogP contribution in [0, 0.1) is 12.8 Å². The number of pyridine rings is 1. The Morgan fingerprint density at radius 3 is 2.73 bits per heavy atom. The number of benzene rings is 1. The van der Waals surface area contributed by atoms with E-state index in [1.54, 1.807) is 11.3 Å². The van der Waals surface area contributed by atoms with Crippen LogP contribution < -0.4 is 5.32 Å². The van der Waals surface area contributed by atoms with Gasteiger partial charge in [0.2, 0.25) is 0 Å². The van der Waals surface area contributed by atoms with Crippen molar-refractivity contribution >= 4 is 33.3 Å². The fourth-order valence-electron chi connectivity index (χ4n) is 4.99. The molecule has 1 saturated heterocycles. The molecule has 0 spiro atoms. The summed E-state index contributed by atoms with van der Waals surface area (Å²) < 4.78 is 0. The molecule has 0 atom stereocenters. The van der Waals surface area contributed by atoms with Crippen molar-refractivity contribution in [2.45, 2.75) is 53.1 Å². The van der Waals surface area contributed by atoms with E-state index in [0.29, 0.717) is 5.13 Å². The van der Waals surface area contributed by atoms with Crippen molar-refractivity contribution < 1.29 is 4.79 Å². The second kappa shape index (κ2) is 9.49. The fraction of sp³-hybridized carbons (Fsp3) is 0.500. The molecule has 0 bridgehead atoms. The quantitative estimate of drug-likeness (QED) is 0.585. The zero-order valence-electron chi connectivity index (χ0n) is 19.9. The zero-order chi connectivity index (χ0) is 22.9. The monoisotopic (exact) mass is 463 g/mol. The normalized spacial score (nSPS) is 17.9. The number of anilines is 1. The number of rotatable bonds is 5. The first-order chi connectivity index (χ1) is 16.0. The van der Waals surface area contributed by atoms with Crippen molar-refractivity contribution in [1.29, 1.82) is 0 Å². The topological polar surface area (TPSA) is 61.4 Å². The SMILES string of the molecule is CCN1CCc2nc3ccccc3c(C(=O)Nc3nc(C)c(CN4CCC(C)CC4)s3)c2C1. The Morgan fingerprint density at radius 2 is 1.94 bits per heavy atom. The van der Waals surface area contributed by atoms with E-state index >= 15 is 0 Å². The lowest BCUT2D eigenvalue weighted by Gasteiger charge is -2.29. The lowest BCUT2D eigenvalue weighted by atomic mass is 9.95. The molecule has 1 aromatic carbocycles. The van der Waals surface area contributed by atoms with Crippen molar-refractivity contribution in [3.8, 4) is 0 Å². The van der Waals surface area contributed by atoms with Gasteiger partial charge in [-0.25, -0.2) is 4.98 Å². The molecule has 1 amide bonds. The number of para-hydroxylation sites is 1.